The first-order valence-corrected chi connectivity index (χ1v) is 6.27. The fourth-order valence-corrected chi connectivity index (χ4v) is 2.49. The van der Waals surface area contributed by atoms with Crippen LogP contribution in [0.1, 0.15) is 52.9 Å². The van der Waals surface area contributed by atoms with Crippen LogP contribution in [0, 0.1) is 5.41 Å². The monoisotopic (exact) mass is 226 g/mol. The molecule has 0 N–H and O–H groups in total. The fourth-order valence-electron chi connectivity index (χ4n) is 2.49. The molecule has 0 heterocycles. The zero-order valence-electron chi connectivity index (χ0n) is 11.3. The van der Waals surface area contributed by atoms with Crippen molar-refractivity contribution < 1.29 is 9.47 Å². The SMILES string of the molecule is C=C(OC(C)(C)C)C1(COC)CCCCC1. The molecule has 2 nitrogen and oxygen atoms in total. The predicted molar refractivity (Wildman–Crippen MR) is 67.4 cm³/mol. The Balaban J connectivity index is 2.72. The third-order valence-corrected chi connectivity index (χ3v) is 3.25. The van der Waals surface area contributed by atoms with Gasteiger partial charge in [-0.25, -0.2) is 0 Å². The van der Waals surface area contributed by atoms with Crippen molar-refractivity contribution in [2.75, 3.05) is 13.7 Å². The van der Waals surface area contributed by atoms with E-state index in [0.29, 0.717) is 0 Å². The summed E-state index contributed by atoms with van der Waals surface area (Å²) in [4.78, 5) is 0. The first-order chi connectivity index (χ1) is 7.40. The summed E-state index contributed by atoms with van der Waals surface area (Å²) in [6, 6.07) is 0. The Kier molecular flexibility index (Phi) is 4.43. The van der Waals surface area contributed by atoms with E-state index in [1.54, 1.807) is 7.11 Å². The molecule has 1 aliphatic rings. The molecule has 0 aromatic carbocycles. The van der Waals surface area contributed by atoms with Crippen LogP contribution in [0.3, 0.4) is 0 Å². The maximum atomic E-state index is 5.96. The highest BCUT2D eigenvalue weighted by Crippen LogP contribution is 2.43. The molecule has 0 bridgehead atoms. The maximum absolute atomic E-state index is 5.96. The molecule has 0 amide bonds. The second-order valence-electron chi connectivity index (χ2n) is 5.91. The molecule has 1 aliphatic carbocycles. The molecule has 0 atom stereocenters. The number of ether oxygens (including phenoxy) is 2. The Labute approximate surface area is 100 Å². The average Bonchev–Trinajstić information content (AvgIpc) is 2.17. The highest BCUT2D eigenvalue weighted by molar-refractivity contribution is 5.06. The van der Waals surface area contributed by atoms with E-state index in [9.17, 15) is 0 Å². The molecular formula is C14H26O2. The molecule has 0 unspecified atom stereocenters. The van der Waals surface area contributed by atoms with Crippen LogP contribution in [0.15, 0.2) is 12.3 Å². The van der Waals surface area contributed by atoms with E-state index in [-0.39, 0.29) is 11.0 Å². The lowest BCUT2D eigenvalue weighted by Crippen LogP contribution is -2.35. The van der Waals surface area contributed by atoms with Crippen molar-refractivity contribution in [3.63, 3.8) is 0 Å². The van der Waals surface area contributed by atoms with Gasteiger partial charge in [0, 0.05) is 7.11 Å². The van der Waals surface area contributed by atoms with Gasteiger partial charge in [-0.15, -0.1) is 0 Å². The van der Waals surface area contributed by atoms with Gasteiger partial charge in [-0.3, -0.25) is 0 Å². The van der Waals surface area contributed by atoms with Gasteiger partial charge in [0.15, 0.2) is 0 Å². The molecular weight excluding hydrogens is 200 g/mol. The highest BCUT2D eigenvalue weighted by Gasteiger charge is 2.37. The maximum Gasteiger partial charge on any atom is 0.100 e. The molecule has 0 aliphatic heterocycles. The normalized spacial score (nSPS) is 20.5. The third-order valence-electron chi connectivity index (χ3n) is 3.25. The van der Waals surface area contributed by atoms with Crippen molar-refractivity contribution in [3.8, 4) is 0 Å². The van der Waals surface area contributed by atoms with Gasteiger partial charge in [0.2, 0.25) is 0 Å². The molecule has 0 radical (unpaired) electrons. The Morgan fingerprint density at radius 2 is 1.75 bits per heavy atom. The van der Waals surface area contributed by atoms with Crippen LogP contribution in [0.4, 0.5) is 0 Å². The largest absolute Gasteiger partial charge is 0.492 e. The fraction of sp³-hybridized carbons (Fsp3) is 0.857. The second-order valence-corrected chi connectivity index (χ2v) is 5.91. The van der Waals surface area contributed by atoms with E-state index >= 15 is 0 Å². The number of hydrogen-bond acceptors (Lipinski definition) is 2. The van der Waals surface area contributed by atoms with Gasteiger partial charge in [-0.05, 0) is 33.6 Å². The number of hydrogen-bond donors (Lipinski definition) is 0. The lowest BCUT2D eigenvalue weighted by atomic mass is 9.73. The molecule has 0 saturated heterocycles. The Hall–Kier alpha value is -0.500. The van der Waals surface area contributed by atoms with Crippen molar-refractivity contribution in [1.82, 2.24) is 0 Å². The summed E-state index contributed by atoms with van der Waals surface area (Å²) in [6.45, 7) is 11.1. The van der Waals surface area contributed by atoms with Crippen LogP contribution in [0.5, 0.6) is 0 Å². The molecule has 16 heavy (non-hydrogen) atoms. The van der Waals surface area contributed by atoms with E-state index in [1.165, 1.54) is 19.3 Å². The lowest BCUT2D eigenvalue weighted by Gasteiger charge is -2.40. The molecule has 0 aromatic rings. The van der Waals surface area contributed by atoms with Gasteiger partial charge >= 0.3 is 0 Å². The average molecular weight is 226 g/mol. The summed E-state index contributed by atoms with van der Waals surface area (Å²) >= 11 is 0. The van der Waals surface area contributed by atoms with Gasteiger partial charge in [-0.2, -0.15) is 0 Å². The summed E-state index contributed by atoms with van der Waals surface area (Å²) in [5, 5.41) is 0. The van der Waals surface area contributed by atoms with E-state index in [2.05, 4.69) is 27.4 Å². The zero-order valence-corrected chi connectivity index (χ0v) is 11.3. The second kappa shape index (κ2) is 5.22. The zero-order chi connectivity index (χ0) is 12.2. The summed E-state index contributed by atoms with van der Waals surface area (Å²) in [5.41, 5.74) is -0.102. The van der Waals surface area contributed by atoms with E-state index < -0.39 is 0 Å². The minimum Gasteiger partial charge on any atom is -0.492 e. The minimum atomic E-state index is -0.157. The van der Waals surface area contributed by atoms with Crippen molar-refractivity contribution in [2.24, 2.45) is 5.41 Å². The van der Waals surface area contributed by atoms with Crippen LogP contribution in [0.25, 0.3) is 0 Å². The Bertz CT molecular complexity index is 226. The summed E-state index contributed by atoms with van der Waals surface area (Å²) < 4.78 is 11.3. The quantitative estimate of drug-likeness (QED) is 0.677. The van der Waals surface area contributed by atoms with Crippen molar-refractivity contribution in [1.29, 1.82) is 0 Å². The van der Waals surface area contributed by atoms with Crippen molar-refractivity contribution >= 4 is 0 Å². The molecule has 1 fully saturated rings. The standard InChI is InChI=1S/C14H26O2/c1-12(16-13(2,3)4)14(11-15-5)9-7-6-8-10-14/h1,6-11H2,2-5H3. The molecule has 1 rings (SSSR count). The summed E-state index contributed by atoms with van der Waals surface area (Å²) in [7, 11) is 1.76. The van der Waals surface area contributed by atoms with Crippen LogP contribution in [0.2, 0.25) is 0 Å². The predicted octanol–water partition coefficient (Wildman–Crippen LogP) is 3.91. The Morgan fingerprint density at radius 3 is 2.19 bits per heavy atom. The van der Waals surface area contributed by atoms with Crippen LogP contribution >= 0.6 is 0 Å². The van der Waals surface area contributed by atoms with Gasteiger partial charge < -0.3 is 9.47 Å². The van der Waals surface area contributed by atoms with Gasteiger partial charge in [-0.1, -0.05) is 25.8 Å². The number of methoxy groups -OCH3 is 1. The molecule has 0 spiro atoms. The Morgan fingerprint density at radius 1 is 1.19 bits per heavy atom. The summed E-state index contributed by atoms with van der Waals surface area (Å²) in [5.74, 6) is 0.918. The third kappa shape index (κ3) is 3.51. The lowest BCUT2D eigenvalue weighted by molar-refractivity contribution is -0.0286. The van der Waals surface area contributed by atoms with Crippen LogP contribution in [-0.4, -0.2) is 19.3 Å². The van der Waals surface area contributed by atoms with Gasteiger partial charge in [0.1, 0.15) is 5.60 Å². The van der Waals surface area contributed by atoms with Crippen LogP contribution in [-0.2, 0) is 9.47 Å². The van der Waals surface area contributed by atoms with Crippen molar-refractivity contribution in [2.45, 2.75) is 58.5 Å². The smallest absolute Gasteiger partial charge is 0.100 e. The molecule has 94 valence electrons. The van der Waals surface area contributed by atoms with Gasteiger partial charge in [0.05, 0.1) is 17.8 Å². The minimum absolute atomic E-state index is 0.0558. The van der Waals surface area contributed by atoms with Crippen molar-refractivity contribution in [3.05, 3.63) is 12.3 Å². The molecule has 0 aromatic heterocycles. The summed E-state index contributed by atoms with van der Waals surface area (Å²) in [6.07, 6.45) is 6.14. The van der Waals surface area contributed by atoms with E-state index in [0.717, 1.165) is 25.2 Å². The number of rotatable bonds is 4. The molecule has 1 saturated carbocycles. The van der Waals surface area contributed by atoms with Crippen LogP contribution < -0.4 is 0 Å². The van der Waals surface area contributed by atoms with E-state index in [4.69, 9.17) is 9.47 Å². The molecule has 2 heteroatoms. The topological polar surface area (TPSA) is 18.5 Å². The van der Waals surface area contributed by atoms with E-state index in [1.807, 2.05) is 0 Å². The van der Waals surface area contributed by atoms with Gasteiger partial charge in [0.25, 0.3) is 0 Å². The first kappa shape index (κ1) is 13.6. The highest BCUT2D eigenvalue weighted by atomic mass is 16.5. The first-order valence-electron chi connectivity index (χ1n) is 6.27.